The first-order chi connectivity index (χ1) is 22.8. The summed E-state index contributed by atoms with van der Waals surface area (Å²) < 4.78 is 0. The van der Waals surface area contributed by atoms with E-state index < -0.39 is 0 Å². The van der Waals surface area contributed by atoms with Crippen LogP contribution in [0.2, 0.25) is 0 Å². The lowest BCUT2D eigenvalue weighted by molar-refractivity contribution is 1.18. The molecule has 3 heteroatoms. The van der Waals surface area contributed by atoms with Crippen LogP contribution in [0.3, 0.4) is 0 Å². The second kappa shape index (κ2) is 12.1. The summed E-state index contributed by atoms with van der Waals surface area (Å²) in [5.74, 6) is 0.693. The first-order valence-corrected chi connectivity index (χ1v) is 15.4. The number of nitrogens with zero attached hydrogens (tertiary/aromatic N) is 3. The van der Waals surface area contributed by atoms with Gasteiger partial charge in [0.15, 0.2) is 5.82 Å². The minimum Gasteiger partial charge on any atom is -0.264 e. The van der Waals surface area contributed by atoms with Crippen molar-refractivity contribution in [3.8, 4) is 67.3 Å². The van der Waals surface area contributed by atoms with Crippen LogP contribution in [0.1, 0.15) is 0 Å². The molecule has 0 N–H and O–H groups in total. The third kappa shape index (κ3) is 5.47. The molecule has 0 atom stereocenters. The van der Waals surface area contributed by atoms with Gasteiger partial charge in [-0.05, 0) is 68.9 Å². The maximum atomic E-state index is 5.17. The topological polar surface area (TPSA) is 38.7 Å². The molecule has 3 nitrogen and oxygen atoms in total. The number of pyridine rings is 1. The molecule has 2 heterocycles. The monoisotopic (exact) mass is 587 g/mol. The zero-order valence-corrected chi connectivity index (χ0v) is 25.1. The summed E-state index contributed by atoms with van der Waals surface area (Å²) in [6, 6.07) is 57.2. The largest absolute Gasteiger partial charge is 0.264 e. The van der Waals surface area contributed by atoms with Gasteiger partial charge < -0.3 is 0 Å². The minimum atomic E-state index is 0.693. The molecule has 0 spiro atoms. The fraction of sp³-hybridized carbons (Fsp3) is 0. The standard InChI is InChI=1S/C43H29N3/c1-3-11-30(12-4-1)31-20-22-33(23-21-31)41-28-42(46-43(45-41)34-14-5-2-6-15-34)38-26-36(35-17-10-24-44-29-35)25-37(27-38)40-19-9-16-32-13-7-8-18-39(32)40/h1-29H. The third-order valence-corrected chi connectivity index (χ3v) is 8.37. The normalized spacial score (nSPS) is 11.0. The number of hydrogen-bond acceptors (Lipinski definition) is 3. The predicted octanol–water partition coefficient (Wildman–Crippen LogP) is 11.0. The van der Waals surface area contributed by atoms with Gasteiger partial charge in [-0.25, -0.2) is 9.97 Å². The Bertz CT molecular complexity index is 2270. The molecule has 0 aliphatic heterocycles. The number of rotatable bonds is 6. The van der Waals surface area contributed by atoms with Crippen LogP contribution in [0.5, 0.6) is 0 Å². The van der Waals surface area contributed by atoms with Crippen molar-refractivity contribution in [2.45, 2.75) is 0 Å². The lowest BCUT2D eigenvalue weighted by Crippen LogP contribution is -1.96. The van der Waals surface area contributed by atoms with Gasteiger partial charge in [-0.2, -0.15) is 0 Å². The van der Waals surface area contributed by atoms with Gasteiger partial charge in [0.2, 0.25) is 0 Å². The average Bonchev–Trinajstić information content (AvgIpc) is 3.15. The quantitative estimate of drug-likeness (QED) is 0.194. The molecule has 0 fully saturated rings. The van der Waals surface area contributed by atoms with Crippen LogP contribution < -0.4 is 0 Å². The highest BCUT2D eigenvalue weighted by atomic mass is 14.9. The van der Waals surface area contributed by atoms with Gasteiger partial charge in [-0.1, -0.05) is 133 Å². The van der Waals surface area contributed by atoms with Crippen LogP contribution in [0.4, 0.5) is 0 Å². The van der Waals surface area contributed by atoms with Gasteiger partial charge >= 0.3 is 0 Å². The number of fused-ring (bicyclic) bond motifs is 1. The molecule has 0 aliphatic carbocycles. The lowest BCUT2D eigenvalue weighted by Gasteiger charge is -2.14. The van der Waals surface area contributed by atoms with E-state index in [2.05, 4.69) is 138 Å². The molecule has 216 valence electrons. The Hall–Kier alpha value is -6.19. The smallest absolute Gasteiger partial charge is 0.160 e. The SMILES string of the molecule is c1ccc(-c2ccc(-c3cc(-c4cc(-c5cccnc5)cc(-c5cccc6ccccc56)c4)nc(-c4ccccc4)n3)cc2)cc1. The Morgan fingerprint density at radius 2 is 0.935 bits per heavy atom. The van der Waals surface area contributed by atoms with Crippen LogP contribution in [-0.4, -0.2) is 15.0 Å². The Morgan fingerprint density at radius 3 is 1.70 bits per heavy atom. The van der Waals surface area contributed by atoms with Crippen molar-refractivity contribution >= 4 is 10.8 Å². The fourth-order valence-electron chi connectivity index (χ4n) is 6.03. The lowest BCUT2D eigenvalue weighted by atomic mass is 9.92. The number of aromatic nitrogens is 3. The van der Waals surface area contributed by atoms with E-state index in [1.807, 2.05) is 42.7 Å². The first-order valence-electron chi connectivity index (χ1n) is 15.4. The molecular formula is C43H29N3. The zero-order chi connectivity index (χ0) is 30.7. The molecular weight excluding hydrogens is 558 g/mol. The van der Waals surface area contributed by atoms with E-state index in [0.717, 1.165) is 44.8 Å². The van der Waals surface area contributed by atoms with E-state index in [-0.39, 0.29) is 0 Å². The van der Waals surface area contributed by atoms with Crippen LogP contribution in [0, 0.1) is 0 Å². The molecule has 8 rings (SSSR count). The number of benzene rings is 6. The molecule has 0 amide bonds. The molecule has 0 saturated heterocycles. The molecule has 0 unspecified atom stereocenters. The fourth-order valence-corrected chi connectivity index (χ4v) is 6.03. The van der Waals surface area contributed by atoms with Gasteiger partial charge in [-0.3, -0.25) is 4.98 Å². The van der Waals surface area contributed by atoms with Crippen molar-refractivity contribution in [1.82, 2.24) is 15.0 Å². The molecule has 8 aromatic rings. The van der Waals surface area contributed by atoms with E-state index in [1.165, 1.54) is 27.5 Å². The van der Waals surface area contributed by atoms with Crippen LogP contribution >= 0.6 is 0 Å². The third-order valence-electron chi connectivity index (χ3n) is 8.37. The van der Waals surface area contributed by atoms with Gasteiger partial charge in [0.05, 0.1) is 11.4 Å². The maximum Gasteiger partial charge on any atom is 0.160 e. The Labute approximate surface area is 268 Å². The van der Waals surface area contributed by atoms with Crippen molar-refractivity contribution < 1.29 is 0 Å². The molecule has 46 heavy (non-hydrogen) atoms. The van der Waals surface area contributed by atoms with Crippen LogP contribution in [-0.2, 0) is 0 Å². The van der Waals surface area contributed by atoms with E-state index in [9.17, 15) is 0 Å². The van der Waals surface area contributed by atoms with E-state index in [4.69, 9.17) is 9.97 Å². The van der Waals surface area contributed by atoms with Crippen LogP contribution in [0.25, 0.3) is 78.1 Å². The van der Waals surface area contributed by atoms with Crippen LogP contribution in [0.15, 0.2) is 176 Å². The summed E-state index contributed by atoms with van der Waals surface area (Å²) in [6.45, 7) is 0. The summed E-state index contributed by atoms with van der Waals surface area (Å²) in [5, 5.41) is 2.43. The summed E-state index contributed by atoms with van der Waals surface area (Å²) in [4.78, 5) is 14.7. The van der Waals surface area contributed by atoms with E-state index in [0.29, 0.717) is 5.82 Å². The first kappa shape index (κ1) is 27.4. The van der Waals surface area contributed by atoms with Gasteiger partial charge in [0, 0.05) is 34.6 Å². The van der Waals surface area contributed by atoms with E-state index >= 15 is 0 Å². The Kier molecular flexibility index (Phi) is 7.18. The van der Waals surface area contributed by atoms with E-state index in [1.54, 1.807) is 0 Å². The summed E-state index contributed by atoms with van der Waals surface area (Å²) in [5.41, 5.74) is 11.6. The molecule has 2 aromatic heterocycles. The van der Waals surface area contributed by atoms with Crippen molar-refractivity contribution in [2.75, 3.05) is 0 Å². The molecule has 0 radical (unpaired) electrons. The Balaban J connectivity index is 1.32. The number of hydrogen-bond donors (Lipinski definition) is 0. The second-order valence-electron chi connectivity index (χ2n) is 11.3. The summed E-state index contributed by atoms with van der Waals surface area (Å²) in [7, 11) is 0. The maximum absolute atomic E-state index is 5.17. The average molecular weight is 588 g/mol. The van der Waals surface area contributed by atoms with Crippen molar-refractivity contribution in [1.29, 1.82) is 0 Å². The summed E-state index contributed by atoms with van der Waals surface area (Å²) in [6.07, 6.45) is 3.73. The molecule has 6 aromatic carbocycles. The van der Waals surface area contributed by atoms with Gasteiger partial charge in [0.25, 0.3) is 0 Å². The highest BCUT2D eigenvalue weighted by Gasteiger charge is 2.15. The highest BCUT2D eigenvalue weighted by molar-refractivity contribution is 5.98. The zero-order valence-electron chi connectivity index (χ0n) is 25.1. The molecule has 0 saturated carbocycles. The predicted molar refractivity (Wildman–Crippen MR) is 190 cm³/mol. The van der Waals surface area contributed by atoms with Crippen molar-refractivity contribution in [3.05, 3.63) is 176 Å². The minimum absolute atomic E-state index is 0.693. The van der Waals surface area contributed by atoms with Gasteiger partial charge in [-0.15, -0.1) is 0 Å². The summed E-state index contributed by atoms with van der Waals surface area (Å²) >= 11 is 0. The Morgan fingerprint density at radius 1 is 0.348 bits per heavy atom. The second-order valence-corrected chi connectivity index (χ2v) is 11.3. The molecule has 0 aliphatic rings. The molecule has 0 bridgehead atoms. The van der Waals surface area contributed by atoms with Crippen molar-refractivity contribution in [2.24, 2.45) is 0 Å². The van der Waals surface area contributed by atoms with Crippen molar-refractivity contribution in [3.63, 3.8) is 0 Å². The highest BCUT2D eigenvalue weighted by Crippen LogP contribution is 2.37. The van der Waals surface area contributed by atoms with Gasteiger partial charge in [0.1, 0.15) is 0 Å².